The number of nitriles is 1. The summed E-state index contributed by atoms with van der Waals surface area (Å²) in [6.07, 6.45) is -3.61. The summed E-state index contributed by atoms with van der Waals surface area (Å²) in [5.74, 6) is -5.66. The molecule has 2 aromatic carbocycles. The van der Waals surface area contributed by atoms with Crippen molar-refractivity contribution in [1.29, 1.82) is 5.26 Å². The van der Waals surface area contributed by atoms with Gasteiger partial charge in [0.05, 0.1) is 12.8 Å². The molecule has 1 unspecified atom stereocenters. The van der Waals surface area contributed by atoms with E-state index in [0.717, 1.165) is 41.3 Å². The lowest BCUT2D eigenvalue weighted by Crippen LogP contribution is -2.44. The fraction of sp³-hybridized carbons (Fsp3) is 0.200. The number of nitrogens with one attached hydrogen (secondary N) is 1. The second-order valence-corrected chi connectivity index (χ2v) is 8.07. The van der Waals surface area contributed by atoms with E-state index < -0.39 is 53.1 Å². The van der Waals surface area contributed by atoms with E-state index in [1.54, 1.807) is 0 Å². The predicted molar refractivity (Wildman–Crippen MR) is 121 cm³/mol. The van der Waals surface area contributed by atoms with Crippen LogP contribution in [-0.2, 0) is 4.79 Å². The predicted octanol–water partition coefficient (Wildman–Crippen LogP) is 4.07. The number of carbonyl (C=O) groups is 2. The van der Waals surface area contributed by atoms with Gasteiger partial charge in [-0.1, -0.05) is 0 Å². The van der Waals surface area contributed by atoms with Crippen molar-refractivity contribution in [3.8, 4) is 17.6 Å². The van der Waals surface area contributed by atoms with Gasteiger partial charge in [-0.2, -0.15) is 5.26 Å². The maximum Gasteiger partial charge on any atom is 0.573 e. The zero-order valence-electron chi connectivity index (χ0n) is 19.4. The lowest BCUT2D eigenvalue weighted by molar-refractivity contribution is -0.274. The van der Waals surface area contributed by atoms with Crippen LogP contribution in [0, 0.1) is 23.0 Å². The third kappa shape index (κ3) is 5.34. The van der Waals surface area contributed by atoms with E-state index in [1.165, 1.54) is 25.4 Å². The number of nitrogens with zero attached hydrogens (tertiary/aromatic N) is 3. The quantitative estimate of drug-likeness (QED) is 0.480. The summed E-state index contributed by atoms with van der Waals surface area (Å²) in [7, 11) is 1.22. The second kappa shape index (κ2) is 10.3. The first-order valence-corrected chi connectivity index (χ1v) is 10.9. The maximum absolute atomic E-state index is 15.0. The van der Waals surface area contributed by atoms with Crippen LogP contribution in [-0.4, -0.2) is 42.9 Å². The van der Waals surface area contributed by atoms with Gasteiger partial charge in [-0.05, 0) is 36.4 Å². The Balaban J connectivity index is 1.70. The first-order valence-electron chi connectivity index (χ1n) is 10.9. The van der Waals surface area contributed by atoms with Crippen molar-refractivity contribution in [2.45, 2.75) is 18.3 Å². The summed E-state index contributed by atoms with van der Waals surface area (Å²) in [4.78, 5) is 31.4. The third-order valence-corrected chi connectivity index (χ3v) is 5.79. The molecule has 0 aliphatic carbocycles. The standard InChI is InChI=1S/C25H17F5N4O4/c1-37-15-9-17(26)21(18(27)10-15)16-12-34(20-3-2-8-32-19(20)11-31)24(36)22(16)33-23(35)13-4-6-14(7-5-13)38-25(28,29)30/h2-10,16,22H,12H2,1H3,(H,33,35)/t16-,22?/m0/s1. The van der Waals surface area contributed by atoms with Crippen molar-refractivity contribution in [2.75, 3.05) is 18.6 Å². The summed E-state index contributed by atoms with van der Waals surface area (Å²) in [5, 5.41) is 11.8. The number of amides is 2. The minimum atomic E-state index is -4.93. The van der Waals surface area contributed by atoms with Crippen LogP contribution in [0.2, 0.25) is 0 Å². The first kappa shape index (κ1) is 26.3. The fourth-order valence-electron chi connectivity index (χ4n) is 4.14. The number of halogens is 5. The molecular weight excluding hydrogens is 515 g/mol. The lowest BCUT2D eigenvalue weighted by Gasteiger charge is -2.20. The normalized spacial score (nSPS) is 17.2. The van der Waals surface area contributed by atoms with Gasteiger partial charge in [-0.15, -0.1) is 13.2 Å². The molecule has 3 aromatic rings. The minimum Gasteiger partial charge on any atom is -0.497 e. The molecule has 1 aromatic heterocycles. The second-order valence-electron chi connectivity index (χ2n) is 8.07. The molecule has 13 heteroatoms. The Bertz CT molecular complexity index is 1400. The summed E-state index contributed by atoms with van der Waals surface area (Å²) >= 11 is 0. The molecule has 0 saturated carbocycles. The number of carbonyl (C=O) groups excluding carboxylic acids is 2. The van der Waals surface area contributed by atoms with Gasteiger partial charge in [0, 0.05) is 41.9 Å². The molecule has 8 nitrogen and oxygen atoms in total. The van der Waals surface area contributed by atoms with Gasteiger partial charge in [-0.3, -0.25) is 9.59 Å². The average molecular weight is 532 g/mol. The number of pyridine rings is 1. The minimum absolute atomic E-state index is 0.0738. The van der Waals surface area contributed by atoms with Crippen LogP contribution in [0.4, 0.5) is 27.6 Å². The monoisotopic (exact) mass is 532 g/mol. The number of alkyl halides is 3. The highest BCUT2D eigenvalue weighted by atomic mass is 19.4. The summed E-state index contributed by atoms with van der Waals surface area (Å²) in [6.45, 7) is -0.317. The van der Waals surface area contributed by atoms with E-state index in [4.69, 9.17) is 4.74 Å². The van der Waals surface area contributed by atoms with Crippen LogP contribution in [0.25, 0.3) is 0 Å². The van der Waals surface area contributed by atoms with Crippen molar-refractivity contribution in [1.82, 2.24) is 10.3 Å². The fourth-order valence-corrected chi connectivity index (χ4v) is 4.14. The van der Waals surface area contributed by atoms with Gasteiger partial charge < -0.3 is 19.7 Å². The number of hydrogen-bond acceptors (Lipinski definition) is 6. The molecule has 4 rings (SSSR count). The summed E-state index contributed by atoms with van der Waals surface area (Å²) < 4.78 is 76.0. The Kier molecular flexibility index (Phi) is 7.16. The number of hydrogen-bond donors (Lipinski definition) is 1. The van der Waals surface area contributed by atoms with E-state index in [9.17, 15) is 28.0 Å². The molecule has 1 saturated heterocycles. The lowest BCUT2D eigenvalue weighted by atomic mass is 9.92. The Morgan fingerprint density at radius 3 is 2.37 bits per heavy atom. The number of methoxy groups -OCH3 is 1. The van der Waals surface area contributed by atoms with Gasteiger partial charge in [0.2, 0.25) is 5.91 Å². The largest absolute Gasteiger partial charge is 0.573 e. The summed E-state index contributed by atoms with van der Waals surface area (Å²) in [5.41, 5.74) is -0.685. The zero-order valence-corrected chi connectivity index (χ0v) is 19.4. The molecule has 38 heavy (non-hydrogen) atoms. The SMILES string of the molecule is COc1cc(F)c([C@@H]2CN(c3cccnc3C#N)C(=O)C2NC(=O)c2ccc(OC(F)(F)F)cc2)c(F)c1. The Morgan fingerprint density at radius 2 is 1.79 bits per heavy atom. The van der Waals surface area contributed by atoms with Gasteiger partial charge >= 0.3 is 6.36 Å². The highest BCUT2D eigenvalue weighted by molar-refractivity contribution is 6.05. The van der Waals surface area contributed by atoms with Crippen LogP contribution in [0.15, 0.2) is 54.7 Å². The first-order chi connectivity index (χ1) is 18.0. The number of anilines is 1. The highest BCUT2D eigenvalue weighted by Gasteiger charge is 2.46. The molecule has 0 bridgehead atoms. The molecule has 1 aliphatic rings. The van der Waals surface area contributed by atoms with Gasteiger partial charge in [-0.25, -0.2) is 13.8 Å². The Hall–Kier alpha value is -4.73. The Morgan fingerprint density at radius 1 is 1.13 bits per heavy atom. The van der Waals surface area contributed by atoms with Gasteiger partial charge in [0.15, 0.2) is 5.69 Å². The zero-order chi connectivity index (χ0) is 27.6. The summed E-state index contributed by atoms with van der Waals surface area (Å²) in [6, 6.07) is 8.94. The van der Waals surface area contributed by atoms with E-state index >= 15 is 8.78 Å². The number of ether oxygens (including phenoxy) is 2. The average Bonchev–Trinajstić information content (AvgIpc) is 3.18. The Labute approximate surface area is 212 Å². The van der Waals surface area contributed by atoms with Gasteiger partial charge in [0.1, 0.15) is 35.2 Å². The molecule has 2 heterocycles. The highest BCUT2D eigenvalue weighted by Crippen LogP contribution is 2.37. The molecule has 2 amide bonds. The smallest absolute Gasteiger partial charge is 0.497 e. The molecule has 1 fully saturated rings. The van der Waals surface area contributed by atoms with E-state index in [1.807, 2.05) is 6.07 Å². The van der Waals surface area contributed by atoms with E-state index in [-0.39, 0.29) is 29.2 Å². The number of aromatic nitrogens is 1. The van der Waals surface area contributed by atoms with E-state index in [0.29, 0.717) is 0 Å². The molecule has 1 aliphatic heterocycles. The van der Waals surface area contributed by atoms with Crippen molar-refractivity contribution in [3.63, 3.8) is 0 Å². The molecule has 0 spiro atoms. The van der Waals surface area contributed by atoms with Crippen LogP contribution >= 0.6 is 0 Å². The molecule has 0 radical (unpaired) electrons. The van der Waals surface area contributed by atoms with Gasteiger partial charge in [0.25, 0.3) is 5.91 Å². The molecule has 2 atom stereocenters. The number of rotatable bonds is 6. The molecular formula is C25H17F5N4O4. The van der Waals surface area contributed by atoms with Crippen molar-refractivity contribution in [3.05, 3.63) is 83.2 Å². The maximum atomic E-state index is 15.0. The topological polar surface area (TPSA) is 105 Å². The molecule has 196 valence electrons. The van der Waals surface area contributed by atoms with E-state index in [2.05, 4.69) is 15.0 Å². The van der Waals surface area contributed by atoms with Crippen LogP contribution < -0.4 is 19.7 Å². The third-order valence-electron chi connectivity index (χ3n) is 5.79. The van der Waals surface area contributed by atoms with Crippen molar-refractivity contribution in [2.24, 2.45) is 0 Å². The van der Waals surface area contributed by atoms with Crippen LogP contribution in [0.5, 0.6) is 11.5 Å². The van der Waals surface area contributed by atoms with Crippen molar-refractivity contribution < 1.29 is 41.0 Å². The van der Waals surface area contributed by atoms with Crippen LogP contribution in [0.1, 0.15) is 27.5 Å². The molecule has 1 N–H and O–H groups in total. The van der Waals surface area contributed by atoms with Crippen LogP contribution in [0.3, 0.4) is 0 Å². The van der Waals surface area contributed by atoms with Crippen molar-refractivity contribution >= 4 is 17.5 Å². The number of benzene rings is 2.